The molecule has 0 amide bonds. The molecule has 114 valence electrons. The van der Waals surface area contributed by atoms with Crippen LogP contribution in [0.25, 0.3) is 0 Å². The van der Waals surface area contributed by atoms with Gasteiger partial charge in [0.1, 0.15) is 0 Å². The van der Waals surface area contributed by atoms with Crippen molar-refractivity contribution in [1.82, 2.24) is 5.32 Å². The Labute approximate surface area is 124 Å². The Balaban J connectivity index is 2.32. The van der Waals surface area contributed by atoms with Crippen LogP contribution in [0, 0.1) is 0 Å². The number of hydrogen-bond acceptors (Lipinski definition) is 2. The summed E-state index contributed by atoms with van der Waals surface area (Å²) in [5.74, 6) is 0.553. The third kappa shape index (κ3) is 7.06. The first kappa shape index (κ1) is 17.2. The fourth-order valence-corrected chi connectivity index (χ4v) is 2.12. The van der Waals surface area contributed by atoms with Crippen molar-refractivity contribution in [2.45, 2.75) is 65.5 Å². The average molecular weight is 277 g/mol. The van der Waals surface area contributed by atoms with E-state index in [0.29, 0.717) is 12.0 Å². The third-order valence-corrected chi connectivity index (χ3v) is 3.54. The maximum Gasteiger partial charge on any atom is 0.0716 e. The van der Waals surface area contributed by atoms with Crippen LogP contribution in [-0.4, -0.2) is 19.2 Å². The number of rotatable bonds is 10. The van der Waals surface area contributed by atoms with Gasteiger partial charge in [0.25, 0.3) is 0 Å². The van der Waals surface area contributed by atoms with Gasteiger partial charge in [0, 0.05) is 19.2 Å². The molecule has 1 aromatic carbocycles. The molecule has 0 aromatic heterocycles. The van der Waals surface area contributed by atoms with Crippen molar-refractivity contribution in [3.05, 3.63) is 35.4 Å². The summed E-state index contributed by atoms with van der Waals surface area (Å²) in [5, 5.41) is 3.49. The summed E-state index contributed by atoms with van der Waals surface area (Å²) in [6, 6.07) is 9.41. The van der Waals surface area contributed by atoms with Gasteiger partial charge >= 0.3 is 0 Å². The van der Waals surface area contributed by atoms with E-state index >= 15 is 0 Å². The summed E-state index contributed by atoms with van der Waals surface area (Å²) in [6.45, 7) is 11.5. The summed E-state index contributed by atoms with van der Waals surface area (Å²) >= 11 is 0. The van der Waals surface area contributed by atoms with E-state index < -0.39 is 0 Å². The molecule has 1 atom stereocenters. The van der Waals surface area contributed by atoms with Crippen molar-refractivity contribution in [1.29, 1.82) is 0 Å². The van der Waals surface area contributed by atoms with Crippen LogP contribution in [0.5, 0.6) is 0 Å². The van der Waals surface area contributed by atoms with Gasteiger partial charge in [0.15, 0.2) is 0 Å². The zero-order valence-corrected chi connectivity index (χ0v) is 13.6. The molecule has 0 saturated heterocycles. The van der Waals surface area contributed by atoms with E-state index in [0.717, 1.165) is 19.8 Å². The van der Waals surface area contributed by atoms with Gasteiger partial charge in [-0.2, -0.15) is 0 Å². The molecule has 0 bridgehead atoms. The Kier molecular flexibility index (Phi) is 8.56. The highest BCUT2D eigenvalue weighted by Gasteiger charge is 2.06. The van der Waals surface area contributed by atoms with Gasteiger partial charge < -0.3 is 10.1 Å². The first-order valence-corrected chi connectivity index (χ1v) is 8.03. The molecule has 0 aliphatic heterocycles. The van der Waals surface area contributed by atoms with E-state index in [4.69, 9.17) is 4.74 Å². The molecule has 1 unspecified atom stereocenters. The van der Waals surface area contributed by atoms with Gasteiger partial charge in [-0.1, -0.05) is 64.8 Å². The maximum atomic E-state index is 5.69. The average Bonchev–Trinajstić information content (AvgIpc) is 2.45. The standard InChI is InChI=1S/C18H31NO/c1-5-6-7-12-20-14-17-8-10-18(11-9-17)16(4)13-19-15(2)3/h8-11,15-16,19H,5-7,12-14H2,1-4H3. The van der Waals surface area contributed by atoms with Crippen LogP contribution in [0.1, 0.15) is 64.0 Å². The normalized spacial score (nSPS) is 12.8. The van der Waals surface area contributed by atoms with Crippen molar-refractivity contribution >= 4 is 0 Å². The Morgan fingerprint density at radius 3 is 2.35 bits per heavy atom. The molecule has 0 spiro atoms. The molecule has 20 heavy (non-hydrogen) atoms. The van der Waals surface area contributed by atoms with Gasteiger partial charge in [-0.25, -0.2) is 0 Å². The highest BCUT2D eigenvalue weighted by atomic mass is 16.5. The minimum absolute atomic E-state index is 0.549. The van der Waals surface area contributed by atoms with Crippen LogP contribution in [0.4, 0.5) is 0 Å². The Hall–Kier alpha value is -0.860. The summed E-state index contributed by atoms with van der Waals surface area (Å²) in [4.78, 5) is 0. The van der Waals surface area contributed by atoms with E-state index in [1.165, 1.54) is 30.4 Å². The first-order chi connectivity index (χ1) is 9.63. The topological polar surface area (TPSA) is 21.3 Å². The molecule has 0 aliphatic rings. The molecule has 0 aliphatic carbocycles. The predicted octanol–water partition coefficient (Wildman–Crippen LogP) is 4.49. The van der Waals surface area contributed by atoms with E-state index in [2.05, 4.69) is 57.3 Å². The molecular formula is C18H31NO. The van der Waals surface area contributed by atoms with E-state index in [9.17, 15) is 0 Å². The van der Waals surface area contributed by atoms with Crippen molar-refractivity contribution in [3.8, 4) is 0 Å². The van der Waals surface area contributed by atoms with Gasteiger partial charge in [-0.3, -0.25) is 0 Å². The summed E-state index contributed by atoms with van der Waals surface area (Å²) in [6.07, 6.45) is 3.69. The summed E-state index contributed by atoms with van der Waals surface area (Å²) in [7, 11) is 0. The number of benzene rings is 1. The molecule has 1 aromatic rings. The maximum absolute atomic E-state index is 5.69. The zero-order chi connectivity index (χ0) is 14.8. The Morgan fingerprint density at radius 1 is 1.05 bits per heavy atom. The van der Waals surface area contributed by atoms with Crippen molar-refractivity contribution in [3.63, 3.8) is 0 Å². The summed E-state index contributed by atoms with van der Waals surface area (Å²) < 4.78 is 5.69. The number of unbranched alkanes of at least 4 members (excludes halogenated alkanes) is 2. The van der Waals surface area contributed by atoms with Crippen LogP contribution in [0.15, 0.2) is 24.3 Å². The Bertz CT molecular complexity index is 345. The Morgan fingerprint density at radius 2 is 1.75 bits per heavy atom. The van der Waals surface area contributed by atoms with Crippen LogP contribution in [0.2, 0.25) is 0 Å². The molecule has 0 radical (unpaired) electrons. The van der Waals surface area contributed by atoms with Gasteiger partial charge in [-0.15, -0.1) is 0 Å². The lowest BCUT2D eigenvalue weighted by atomic mass is 9.99. The number of hydrogen-bond donors (Lipinski definition) is 1. The fraction of sp³-hybridized carbons (Fsp3) is 0.667. The lowest BCUT2D eigenvalue weighted by molar-refractivity contribution is 0.117. The van der Waals surface area contributed by atoms with Crippen molar-refractivity contribution in [2.75, 3.05) is 13.2 Å². The number of ether oxygens (including phenoxy) is 1. The van der Waals surface area contributed by atoms with Gasteiger partial charge in [-0.05, 0) is 23.5 Å². The number of nitrogens with one attached hydrogen (secondary N) is 1. The predicted molar refractivity (Wildman–Crippen MR) is 87.2 cm³/mol. The molecule has 1 rings (SSSR count). The van der Waals surface area contributed by atoms with E-state index in [-0.39, 0.29) is 0 Å². The highest BCUT2D eigenvalue weighted by molar-refractivity contribution is 5.24. The third-order valence-electron chi connectivity index (χ3n) is 3.54. The first-order valence-electron chi connectivity index (χ1n) is 8.03. The highest BCUT2D eigenvalue weighted by Crippen LogP contribution is 2.16. The molecule has 2 nitrogen and oxygen atoms in total. The van der Waals surface area contributed by atoms with Gasteiger partial charge in [0.2, 0.25) is 0 Å². The second-order valence-electron chi connectivity index (χ2n) is 5.97. The zero-order valence-electron chi connectivity index (χ0n) is 13.6. The molecule has 0 heterocycles. The largest absolute Gasteiger partial charge is 0.377 e. The van der Waals surface area contributed by atoms with E-state index in [1.807, 2.05) is 0 Å². The SMILES string of the molecule is CCCCCOCc1ccc(C(C)CNC(C)C)cc1. The van der Waals surface area contributed by atoms with Crippen molar-refractivity contribution in [2.24, 2.45) is 0 Å². The van der Waals surface area contributed by atoms with Crippen LogP contribution < -0.4 is 5.32 Å². The smallest absolute Gasteiger partial charge is 0.0716 e. The monoisotopic (exact) mass is 277 g/mol. The summed E-state index contributed by atoms with van der Waals surface area (Å²) in [5.41, 5.74) is 2.67. The second kappa shape index (κ2) is 9.95. The second-order valence-corrected chi connectivity index (χ2v) is 5.97. The minimum atomic E-state index is 0.549. The molecular weight excluding hydrogens is 246 g/mol. The van der Waals surface area contributed by atoms with Gasteiger partial charge in [0.05, 0.1) is 6.61 Å². The minimum Gasteiger partial charge on any atom is -0.377 e. The van der Waals surface area contributed by atoms with Crippen LogP contribution >= 0.6 is 0 Å². The lowest BCUT2D eigenvalue weighted by Gasteiger charge is -2.15. The fourth-order valence-electron chi connectivity index (χ4n) is 2.12. The molecule has 1 N–H and O–H groups in total. The van der Waals surface area contributed by atoms with Crippen LogP contribution in [0.3, 0.4) is 0 Å². The molecule has 2 heteroatoms. The molecule has 0 saturated carbocycles. The quantitative estimate of drug-likeness (QED) is 0.636. The van der Waals surface area contributed by atoms with Crippen molar-refractivity contribution < 1.29 is 4.74 Å². The van der Waals surface area contributed by atoms with Crippen LogP contribution in [-0.2, 0) is 11.3 Å². The lowest BCUT2D eigenvalue weighted by Crippen LogP contribution is -2.26. The molecule has 0 fully saturated rings. The van der Waals surface area contributed by atoms with E-state index in [1.54, 1.807) is 0 Å².